The summed E-state index contributed by atoms with van der Waals surface area (Å²) in [6.45, 7) is 4.09. The highest BCUT2D eigenvalue weighted by molar-refractivity contribution is 7.99. The van der Waals surface area contributed by atoms with Crippen molar-refractivity contribution in [2.45, 2.75) is 55.0 Å². The van der Waals surface area contributed by atoms with E-state index in [0.717, 1.165) is 11.4 Å². The molecule has 1 saturated carbocycles. The fraction of sp³-hybridized carbons (Fsp3) is 0.571. The highest BCUT2D eigenvalue weighted by Crippen LogP contribution is 2.32. The van der Waals surface area contributed by atoms with Gasteiger partial charge in [-0.25, -0.2) is 4.98 Å². The number of nitrogens with zero attached hydrogens (tertiary/aromatic N) is 2. The zero-order valence-electron chi connectivity index (χ0n) is 11.2. The molecule has 2 atom stereocenters. The van der Waals surface area contributed by atoms with E-state index in [-0.39, 0.29) is 5.25 Å². The van der Waals surface area contributed by atoms with E-state index in [1.165, 1.54) is 12.8 Å². The summed E-state index contributed by atoms with van der Waals surface area (Å²) in [4.78, 5) is 4.28. The van der Waals surface area contributed by atoms with E-state index in [4.69, 9.17) is 11.6 Å². The molecule has 0 radical (unpaired) electrons. The van der Waals surface area contributed by atoms with Crippen LogP contribution in [0.5, 0.6) is 0 Å². The standard InChI is InChI=1S/C14H18ClN3S/c1-10(19-13-12(15)4-3-7-17-13)8-14(2,9-16)18-11-5-6-11/h3-4,7,10-11,18H,5-6,8H2,1-2H3. The second-order valence-corrected chi connectivity index (χ2v) is 7.12. The van der Waals surface area contributed by atoms with Gasteiger partial charge in [-0.05, 0) is 38.3 Å². The Morgan fingerprint density at radius 3 is 3.00 bits per heavy atom. The van der Waals surface area contributed by atoms with Crippen molar-refractivity contribution < 1.29 is 0 Å². The van der Waals surface area contributed by atoms with Crippen molar-refractivity contribution in [3.05, 3.63) is 23.4 Å². The Kier molecular flexibility index (Phi) is 4.72. The first-order valence-corrected chi connectivity index (χ1v) is 7.74. The normalized spacial score (nSPS) is 19.5. The van der Waals surface area contributed by atoms with Gasteiger partial charge in [0.2, 0.25) is 0 Å². The van der Waals surface area contributed by atoms with E-state index in [2.05, 4.69) is 23.3 Å². The van der Waals surface area contributed by atoms with E-state index < -0.39 is 5.54 Å². The Bertz CT molecular complexity index is 484. The van der Waals surface area contributed by atoms with Crippen molar-refractivity contribution in [2.24, 2.45) is 0 Å². The summed E-state index contributed by atoms with van der Waals surface area (Å²) in [5.74, 6) is 0. The maximum absolute atomic E-state index is 9.37. The Morgan fingerprint density at radius 1 is 1.68 bits per heavy atom. The van der Waals surface area contributed by atoms with Crippen molar-refractivity contribution >= 4 is 23.4 Å². The third-order valence-electron chi connectivity index (χ3n) is 3.08. The van der Waals surface area contributed by atoms with Gasteiger partial charge in [-0.3, -0.25) is 5.32 Å². The topological polar surface area (TPSA) is 48.7 Å². The molecule has 2 rings (SSSR count). The number of nitrogens with one attached hydrogen (secondary N) is 1. The fourth-order valence-electron chi connectivity index (χ4n) is 2.08. The minimum absolute atomic E-state index is 0.281. The summed E-state index contributed by atoms with van der Waals surface area (Å²) in [6, 6.07) is 6.60. The fourth-order valence-corrected chi connectivity index (χ4v) is 3.44. The average molecular weight is 296 g/mol. The van der Waals surface area contributed by atoms with Gasteiger partial charge in [-0.15, -0.1) is 11.8 Å². The molecule has 0 bridgehead atoms. The summed E-state index contributed by atoms with van der Waals surface area (Å²) >= 11 is 7.73. The monoisotopic (exact) mass is 295 g/mol. The van der Waals surface area contributed by atoms with Crippen molar-refractivity contribution in [3.63, 3.8) is 0 Å². The minimum Gasteiger partial charge on any atom is -0.297 e. The molecule has 1 aromatic rings. The van der Waals surface area contributed by atoms with E-state index >= 15 is 0 Å². The summed E-state index contributed by atoms with van der Waals surface area (Å²) in [5.41, 5.74) is -0.463. The molecule has 1 fully saturated rings. The van der Waals surface area contributed by atoms with Crippen LogP contribution in [0.1, 0.15) is 33.1 Å². The van der Waals surface area contributed by atoms with Crippen LogP contribution in [0.15, 0.2) is 23.4 Å². The predicted molar refractivity (Wildman–Crippen MR) is 79.4 cm³/mol. The van der Waals surface area contributed by atoms with Crippen molar-refractivity contribution in [3.8, 4) is 6.07 Å². The van der Waals surface area contributed by atoms with Gasteiger partial charge in [0.25, 0.3) is 0 Å². The molecule has 102 valence electrons. The number of hydrogen-bond acceptors (Lipinski definition) is 4. The van der Waals surface area contributed by atoms with E-state index in [1.54, 1.807) is 18.0 Å². The van der Waals surface area contributed by atoms with Crippen LogP contribution < -0.4 is 5.32 Å². The SMILES string of the molecule is CC(CC(C)(C#N)NC1CC1)Sc1ncccc1Cl. The molecule has 0 spiro atoms. The Balaban J connectivity index is 1.94. The zero-order valence-corrected chi connectivity index (χ0v) is 12.8. The largest absolute Gasteiger partial charge is 0.297 e. The maximum atomic E-state index is 9.37. The van der Waals surface area contributed by atoms with Gasteiger partial charge < -0.3 is 0 Å². The Labute approximate surface area is 123 Å². The quantitative estimate of drug-likeness (QED) is 0.814. The molecule has 1 aliphatic rings. The molecule has 2 unspecified atom stereocenters. The first-order chi connectivity index (χ1) is 9.02. The molecule has 0 amide bonds. The van der Waals surface area contributed by atoms with Gasteiger partial charge in [0.1, 0.15) is 10.6 Å². The number of rotatable bonds is 6. The second-order valence-electron chi connectivity index (χ2n) is 5.29. The van der Waals surface area contributed by atoms with Gasteiger partial charge in [-0.1, -0.05) is 18.5 Å². The van der Waals surface area contributed by atoms with E-state index in [9.17, 15) is 5.26 Å². The van der Waals surface area contributed by atoms with Crippen molar-refractivity contribution in [2.75, 3.05) is 0 Å². The molecule has 1 aliphatic carbocycles. The molecule has 5 heteroatoms. The molecule has 0 aromatic carbocycles. The minimum atomic E-state index is -0.463. The molecular weight excluding hydrogens is 278 g/mol. The zero-order chi connectivity index (χ0) is 13.9. The van der Waals surface area contributed by atoms with Gasteiger partial charge in [-0.2, -0.15) is 5.26 Å². The summed E-state index contributed by atoms with van der Waals surface area (Å²) < 4.78 is 0. The predicted octanol–water partition coefficient (Wildman–Crippen LogP) is 3.64. The molecule has 0 aliphatic heterocycles. The number of nitriles is 1. The number of hydrogen-bond donors (Lipinski definition) is 1. The summed E-state index contributed by atoms with van der Waals surface area (Å²) in [7, 11) is 0. The third kappa shape index (κ3) is 4.38. The Hall–Kier alpha value is -0.760. The number of thioether (sulfide) groups is 1. The highest BCUT2D eigenvalue weighted by atomic mass is 35.5. The molecule has 1 heterocycles. The lowest BCUT2D eigenvalue weighted by molar-refractivity contribution is 0.414. The van der Waals surface area contributed by atoms with Crippen LogP contribution in [-0.2, 0) is 0 Å². The molecular formula is C14H18ClN3S. The van der Waals surface area contributed by atoms with Crippen LogP contribution in [0.25, 0.3) is 0 Å². The smallest absolute Gasteiger partial charge is 0.115 e. The number of aromatic nitrogens is 1. The second kappa shape index (κ2) is 6.13. The molecule has 0 saturated heterocycles. The number of pyridine rings is 1. The van der Waals surface area contributed by atoms with Gasteiger partial charge >= 0.3 is 0 Å². The van der Waals surface area contributed by atoms with Crippen molar-refractivity contribution in [1.82, 2.24) is 10.3 Å². The van der Waals surface area contributed by atoms with Crippen LogP contribution in [0.3, 0.4) is 0 Å². The van der Waals surface area contributed by atoms with E-state index in [0.29, 0.717) is 11.1 Å². The third-order valence-corrected chi connectivity index (χ3v) is 4.61. The first-order valence-electron chi connectivity index (χ1n) is 6.48. The lowest BCUT2D eigenvalue weighted by atomic mass is 9.98. The average Bonchev–Trinajstić information content (AvgIpc) is 3.15. The molecule has 1 N–H and O–H groups in total. The summed E-state index contributed by atoms with van der Waals surface area (Å²) in [6.07, 6.45) is 4.89. The van der Waals surface area contributed by atoms with Crippen LogP contribution in [0.4, 0.5) is 0 Å². The maximum Gasteiger partial charge on any atom is 0.115 e. The van der Waals surface area contributed by atoms with E-state index in [1.807, 2.05) is 19.1 Å². The van der Waals surface area contributed by atoms with Gasteiger partial charge in [0, 0.05) is 17.5 Å². The van der Waals surface area contributed by atoms with Crippen LogP contribution in [0.2, 0.25) is 5.02 Å². The van der Waals surface area contributed by atoms with Gasteiger partial charge in [0.05, 0.1) is 11.1 Å². The van der Waals surface area contributed by atoms with Crippen LogP contribution >= 0.6 is 23.4 Å². The number of halogens is 1. The highest BCUT2D eigenvalue weighted by Gasteiger charge is 2.33. The molecule has 3 nitrogen and oxygen atoms in total. The molecule has 19 heavy (non-hydrogen) atoms. The summed E-state index contributed by atoms with van der Waals surface area (Å²) in [5, 5.41) is 14.6. The van der Waals surface area contributed by atoms with Gasteiger partial charge in [0.15, 0.2) is 0 Å². The van der Waals surface area contributed by atoms with Crippen molar-refractivity contribution in [1.29, 1.82) is 5.26 Å². The first kappa shape index (κ1) is 14.6. The van der Waals surface area contributed by atoms with Crippen LogP contribution in [0, 0.1) is 11.3 Å². The van der Waals surface area contributed by atoms with Crippen LogP contribution in [-0.4, -0.2) is 21.8 Å². The Morgan fingerprint density at radius 2 is 2.42 bits per heavy atom. The molecule has 1 aromatic heterocycles. The lowest BCUT2D eigenvalue weighted by Gasteiger charge is -2.26. The lowest BCUT2D eigenvalue weighted by Crippen LogP contribution is -2.44.